The second-order valence-electron chi connectivity index (χ2n) is 7.77. The Morgan fingerprint density at radius 2 is 1.96 bits per heavy atom. The van der Waals surface area contributed by atoms with E-state index < -0.39 is 5.60 Å². The van der Waals surface area contributed by atoms with Crippen LogP contribution >= 0.6 is 0 Å². The summed E-state index contributed by atoms with van der Waals surface area (Å²) < 4.78 is 5.42. The molecule has 0 radical (unpaired) electrons. The Labute approximate surface area is 155 Å². The van der Waals surface area contributed by atoms with Crippen LogP contribution < -0.4 is 0 Å². The monoisotopic (exact) mass is 357 g/mol. The molecule has 0 N–H and O–H groups in total. The number of piperidine rings is 1. The molecule has 2 rings (SSSR count). The van der Waals surface area contributed by atoms with Crippen LogP contribution in [0.3, 0.4) is 0 Å². The largest absolute Gasteiger partial charge is 0.444 e. The number of benzene rings is 1. The maximum Gasteiger partial charge on any atom is 0.410 e. The van der Waals surface area contributed by atoms with Crippen LogP contribution in [-0.4, -0.2) is 47.5 Å². The lowest BCUT2D eigenvalue weighted by atomic mass is 9.96. The molecular formula is C20H27N3O3. The smallest absolute Gasteiger partial charge is 0.410 e. The number of likely N-dealkylation sites (tertiary alicyclic amines) is 1. The van der Waals surface area contributed by atoms with Gasteiger partial charge in [-0.3, -0.25) is 4.79 Å². The van der Waals surface area contributed by atoms with Gasteiger partial charge in [-0.15, -0.1) is 0 Å². The average Bonchev–Trinajstić information content (AvgIpc) is 2.60. The van der Waals surface area contributed by atoms with Crippen molar-refractivity contribution in [2.24, 2.45) is 5.92 Å². The molecule has 0 saturated carbocycles. The first kappa shape index (κ1) is 19.8. The molecule has 1 fully saturated rings. The van der Waals surface area contributed by atoms with Gasteiger partial charge in [0.05, 0.1) is 17.6 Å². The summed E-state index contributed by atoms with van der Waals surface area (Å²) >= 11 is 0. The molecule has 0 bridgehead atoms. The fourth-order valence-electron chi connectivity index (χ4n) is 3.02. The lowest BCUT2D eigenvalue weighted by Gasteiger charge is -2.35. The van der Waals surface area contributed by atoms with Gasteiger partial charge in [-0.2, -0.15) is 5.26 Å². The third kappa shape index (κ3) is 5.48. The normalized spacial score (nSPS) is 17.3. The second-order valence-corrected chi connectivity index (χ2v) is 7.77. The molecule has 0 unspecified atom stereocenters. The fourth-order valence-corrected chi connectivity index (χ4v) is 3.02. The first-order valence-corrected chi connectivity index (χ1v) is 8.91. The van der Waals surface area contributed by atoms with Crippen LogP contribution in [0, 0.1) is 17.2 Å². The highest BCUT2D eigenvalue weighted by Gasteiger charge is 2.32. The Morgan fingerprint density at radius 3 is 2.54 bits per heavy atom. The van der Waals surface area contributed by atoms with E-state index in [1.165, 1.54) is 0 Å². The number of rotatable bonds is 3. The van der Waals surface area contributed by atoms with Gasteiger partial charge in [-0.25, -0.2) is 4.79 Å². The number of carbonyl (C=O) groups is 2. The maximum atomic E-state index is 12.8. The first-order valence-electron chi connectivity index (χ1n) is 8.91. The van der Waals surface area contributed by atoms with Gasteiger partial charge in [0.2, 0.25) is 5.91 Å². The number of amides is 2. The molecular weight excluding hydrogens is 330 g/mol. The highest BCUT2D eigenvalue weighted by Crippen LogP contribution is 2.21. The topological polar surface area (TPSA) is 73.6 Å². The molecule has 6 heteroatoms. The average molecular weight is 357 g/mol. The van der Waals surface area contributed by atoms with Crippen molar-refractivity contribution < 1.29 is 14.3 Å². The quantitative estimate of drug-likeness (QED) is 0.833. The van der Waals surface area contributed by atoms with Crippen molar-refractivity contribution >= 4 is 12.0 Å². The van der Waals surface area contributed by atoms with E-state index in [9.17, 15) is 9.59 Å². The van der Waals surface area contributed by atoms with Crippen LogP contribution in [0.5, 0.6) is 0 Å². The molecule has 1 aliphatic rings. The molecule has 140 valence electrons. The predicted molar refractivity (Wildman–Crippen MR) is 98.2 cm³/mol. The van der Waals surface area contributed by atoms with E-state index in [2.05, 4.69) is 6.07 Å². The molecule has 0 spiro atoms. The lowest BCUT2D eigenvalue weighted by Crippen LogP contribution is -2.47. The van der Waals surface area contributed by atoms with E-state index in [0.29, 0.717) is 25.2 Å². The van der Waals surface area contributed by atoms with Crippen molar-refractivity contribution in [2.75, 3.05) is 20.1 Å². The minimum absolute atomic E-state index is 0.0302. The fraction of sp³-hybridized carbons (Fsp3) is 0.550. The van der Waals surface area contributed by atoms with Gasteiger partial charge >= 0.3 is 6.09 Å². The minimum Gasteiger partial charge on any atom is -0.444 e. The zero-order chi connectivity index (χ0) is 19.3. The zero-order valence-electron chi connectivity index (χ0n) is 16.0. The summed E-state index contributed by atoms with van der Waals surface area (Å²) in [4.78, 5) is 28.3. The number of ether oxygens (including phenoxy) is 1. The summed E-state index contributed by atoms with van der Waals surface area (Å²) in [6, 6.07) is 9.30. The summed E-state index contributed by atoms with van der Waals surface area (Å²) in [5.41, 5.74) is 1.03. The Kier molecular flexibility index (Phi) is 6.25. The van der Waals surface area contributed by atoms with Gasteiger partial charge < -0.3 is 14.5 Å². The number of nitrogens with zero attached hydrogens (tertiary/aromatic N) is 3. The number of hydrogen-bond acceptors (Lipinski definition) is 4. The summed E-state index contributed by atoms with van der Waals surface area (Å²) in [7, 11) is 1.77. The first-order chi connectivity index (χ1) is 12.2. The highest BCUT2D eigenvalue weighted by atomic mass is 16.6. The molecule has 2 amide bonds. The molecule has 0 aromatic heterocycles. The van der Waals surface area contributed by atoms with Gasteiger partial charge in [0, 0.05) is 26.7 Å². The Balaban J connectivity index is 1.94. The Morgan fingerprint density at radius 1 is 1.31 bits per heavy atom. The van der Waals surface area contributed by atoms with Crippen molar-refractivity contribution in [1.82, 2.24) is 9.80 Å². The van der Waals surface area contributed by atoms with Crippen molar-refractivity contribution in [3.63, 3.8) is 0 Å². The molecule has 0 aliphatic carbocycles. The van der Waals surface area contributed by atoms with E-state index in [1.807, 2.05) is 32.9 Å². The van der Waals surface area contributed by atoms with Crippen LogP contribution in [0.15, 0.2) is 24.3 Å². The van der Waals surface area contributed by atoms with Crippen LogP contribution in [-0.2, 0) is 16.1 Å². The van der Waals surface area contributed by atoms with Gasteiger partial charge in [0.1, 0.15) is 5.60 Å². The molecule has 1 aromatic carbocycles. The lowest BCUT2D eigenvalue weighted by molar-refractivity contribution is -0.136. The van der Waals surface area contributed by atoms with E-state index in [1.54, 1.807) is 29.0 Å². The Hall–Kier alpha value is -2.55. The van der Waals surface area contributed by atoms with E-state index in [0.717, 1.165) is 18.4 Å². The van der Waals surface area contributed by atoms with E-state index in [4.69, 9.17) is 10.00 Å². The Bertz CT molecular complexity index is 686. The standard InChI is InChI=1S/C20H27N3O3/c1-20(2,3)26-19(25)23-11-5-6-17(14-23)18(24)22(4)13-16-9-7-15(12-21)8-10-16/h7-10,17H,5-6,11,13-14H2,1-4H3/t17-/m0/s1. The molecule has 1 atom stereocenters. The third-order valence-electron chi connectivity index (χ3n) is 4.30. The van der Waals surface area contributed by atoms with Crippen molar-refractivity contribution in [2.45, 2.75) is 45.8 Å². The van der Waals surface area contributed by atoms with Gasteiger partial charge in [0.15, 0.2) is 0 Å². The summed E-state index contributed by atoms with van der Waals surface area (Å²) in [5.74, 6) is -0.178. The molecule has 26 heavy (non-hydrogen) atoms. The number of carbonyl (C=O) groups excluding carboxylic acids is 2. The molecule has 1 heterocycles. The summed E-state index contributed by atoms with van der Waals surface area (Å²) in [5, 5.41) is 8.85. The van der Waals surface area contributed by atoms with Gasteiger partial charge in [0.25, 0.3) is 0 Å². The minimum atomic E-state index is -0.541. The highest BCUT2D eigenvalue weighted by molar-refractivity contribution is 5.80. The maximum absolute atomic E-state index is 12.8. The van der Waals surface area contributed by atoms with Gasteiger partial charge in [-0.1, -0.05) is 12.1 Å². The summed E-state index contributed by atoms with van der Waals surface area (Å²) in [6.45, 7) is 7.01. The molecule has 1 aromatic rings. The van der Waals surface area contributed by atoms with Crippen molar-refractivity contribution in [3.8, 4) is 6.07 Å². The number of hydrogen-bond donors (Lipinski definition) is 0. The van der Waals surface area contributed by atoms with Crippen LogP contribution in [0.25, 0.3) is 0 Å². The molecule has 1 saturated heterocycles. The van der Waals surface area contributed by atoms with Crippen molar-refractivity contribution in [1.29, 1.82) is 5.26 Å². The van der Waals surface area contributed by atoms with Gasteiger partial charge in [-0.05, 0) is 51.3 Å². The summed E-state index contributed by atoms with van der Waals surface area (Å²) in [6.07, 6.45) is 1.21. The number of nitriles is 1. The molecule has 6 nitrogen and oxygen atoms in total. The third-order valence-corrected chi connectivity index (χ3v) is 4.30. The van der Waals surface area contributed by atoms with E-state index >= 15 is 0 Å². The zero-order valence-corrected chi connectivity index (χ0v) is 16.0. The van der Waals surface area contributed by atoms with Crippen LogP contribution in [0.4, 0.5) is 4.79 Å². The second kappa shape index (κ2) is 8.22. The van der Waals surface area contributed by atoms with Crippen molar-refractivity contribution in [3.05, 3.63) is 35.4 Å². The van der Waals surface area contributed by atoms with E-state index in [-0.39, 0.29) is 17.9 Å². The van der Waals surface area contributed by atoms with Crippen LogP contribution in [0.1, 0.15) is 44.7 Å². The SMILES string of the molecule is CN(Cc1ccc(C#N)cc1)C(=O)[C@H]1CCCN(C(=O)OC(C)(C)C)C1. The molecule has 1 aliphatic heterocycles. The predicted octanol–water partition coefficient (Wildman–Crippen LogP) is 3.16. The van der Waals surface area contributed by atoms with Crippen LogP contribution in [0.2, 0.25) is 0 Å².